The normalized spacial score (nSPS) is 19.5. The molecule has 1 aliphatic heterocycles. The molecule has 0 radical (unpaired) electrons. The van der Waals surface area contributed by atoms with E-state index in [4.69, 9.17) is 0 Å². The molecule has 1 fully saturated rings. The minimum Gasteiger partial charge on any atom is -0.387 e. The molecule has 0 spiro atoms. The van der Waals surface area contributed by atoms with Gasteiger partial charge in [-0.3, -0.25) is 0 Å². The highest BCUT2D eigenvalue weighted by molar-refractivity contribution is 5.32. The molecule has 3 heteroatoms. The lowest BCUT2D eigenvalue weighted by Crippen LogP contribution is -2.43. The number of likely N-dealkylation sites (N-methyl/N-ethyl adjacent to an activating group) is 1. The summed E-state index contributed by atoms with van der Waals surface area (Å²) in [4.78, 5) is 4.71. The van der Waals surface area contributed by atoms with Crippen LogP contribution < -0.4 is 0 Å². The Morgan fingerprint density at radius 1 is 1.30 bits per heavy atom. The maximum absolute atomic E-state index is 10.5. The molecule has 0 aromatic heterocycles. The second-order valence-corrected chi connectivity index (χ2v) is 6.35. The monoisotopic (exact) mass is 276 g/mol. The van der Waals surface area contributed by atoms with E-state index in [-0.39, 0.29) is 6.10 Å². The average Bonchev–Trinajstić information content (AvgIpc) is 2.42. The van der Waals surface area contributed by atoms with E-state index in [9.17, 15) is 5.11 Å². The largest absolute Gasteiger partial charge is 0.387 e. The van der Waals surface area contributed by atoms with E-state index in [2.05, 4.69) is 55.9 Å². The number of aliphatic hydroxyl groups is 1. The van der Waals surface area contributed by atoms with Crippen LogP contribution in [0.5, 0.6) is 0 Å². The van der Waals surface area contributed by atoms with E-state index in [0.717, 1.165) is 25.2 Å². The van der Waals surface area contributed by atoms with Gasteiger partial charge in [-0.1, -0.05) is 23.8 Å². The molecule has 1 aromatic carbocycles. The fraction of sp³-hybridized carbons (Fsp3) is 0.647. The van der Waals surface area contributed by atoms with Gasteiger partial charge in [-0.05, 0) is 65.0 Å². The van der Waals surface area contributed by atoms with Gasteiger partial charge in [0.2, 0.25) is 0 Å². The Hall–Kier alpha value is -0.900. The molecule has 3 nitrogen and oxygen atoms in total. The minimum absolute atomic E-state index is 0.389. The fourth-order valence-corrected chi connectivity index (χ4v) is 3.07. The maximum atomic E-state index is 10.5. The summed E-state index contributed by atoms with van der Waals surface area (Å²) in [6, 6.07) is 6.92. The van der Waals surface area contributed by atoms with Gasteiger partial charge < -0.3 is 14.9 Å². The van der Waals surface area contributed by atoms with Crippen molar-refractivity contribution in [3.63, 3.8) is 0 Å². The molecule has 1 unspecified atom stereocenters. The number of likely N-dealkylation sites (tertiary alicyclic amines) is 1. The number of nitrogens with zero attached hydrogens (tertiary/aromatic N) is 2. The zero-order chi connectivity index (χ0) is 14.7. The Bertz CT molecular complexity index is 439. The highest BCUT2D eigenvalue weighted by Gasteiger charge is 2.23. The van der Waals surface area contributed by atoms with Crippen molar-refractivity contribution in [1.82, 2.24) is 9.80 Å². The first kappa shape index (κ1) is 15.5. The Morgan fingerprint density at radius 3 is 2.60 bits per heavy atom. The molecule has 20 heavy (non-hydrogen) atoms. The lowest BCUT2D eigenvalue weighted by Gasteiger charge is -2.36. The molecule has 1 aliphatic rings. The predicted octanol–water partition coefficient (Wildman–Crippen LogP) is 2.36. The third-order valence-electron chi connectivity index (χ3n) is 4.57. The van der Waals surface area contributed by atoms with Crippen LogP contribution in [0.4, 0.5) is 0 Å². The minimum atomic E-state index is -0.389. The van der Waals surface area contributed by atoms with Crippen molar-refractivity contribution in [1.29, 1.82) is 0 Å². The SMILES string of the molecule is Cc1ccc(C)c(C(O)CN(C)C2CCN(C)CC2)c1. The molecule has 1 N–H and O–H groups in total. The molecule has 1 saturated heterocycles. The average molecular weight is 276 g/mol. The van der Waals surface area contributed by atoms with Gasteiger partial charge in [0.05, 0.1) is 6.10 Å². The molecule has 0 aliphatic carbocycles. The summed E-state index contributed by atoms with van der Waals surface area (Å²) in [5.74, 6) is 0. The number of aryl methyl sites for hydroxylation is 2. The van der Waals surface area contributed by atoms with Crippen LogP contribution in [0.3, 0.4) is 0 Å². The molecule has 1 heterocycles. The van der Waals surface area contributed by atoms with Gasteiger partial charge in [0.25, 0.3) is 0 Å². The first-order valence-corrected chi connectivity index (χ1v) is 7.61. The van der Waals surface area contributed by atoms with E-state index >= 15 is 0 Å². The lowest BCUT2D eigenvalue weighted by atomic mass is 9.99. The highest BCUT2D eigenvalue weighted by Crippen LogP contribution is 2.22. The van der Waals surface area contributed by atoms with Crippen LogP contribution >= 0.6 is 0 Å². The van der Waals surface area contributed by atoms with Crippen molar-refractivity contribution in [2.75, 3.05) is 33.7 Å². The van der Waals surface area contributed by atoms with Gasteiger partial charge >= 0.3 is 0 Å². The summed E-state index contributed by atoms with van der Waals surface area (Å²) in [6.07, 6.45) is 2.01. The fourth-order valence-electron chi connectivity index (χ4n) is 3.07. The summed E-state index contributed by atoms with van der Waals surface area (Å²) < 4.78 is 0. The van der Waals surface area contributed by atoms with E-state index in [0.29, 0.717) is 6.04 Å². The molecule has 0 amide bonds. The standard InChI is InChI=1S/C17H28N2O/c1-13-5-6-14(2)16(11-13)17(20)12-19(4)15-7-9-18(3)10-8-15/h5-6,11,15,17,20H,7-10,12H2,1-4H3. The Kier molecular flexibility index (Phi) is 5.19. The Morgan fingerprint density at radius 2 is 1.95 bits per heavy atom. The van der Waals surface area contributed by atoms with Crippen molar-refractivity contribution in [3.05, 3.63) is 34.9 Å². The number of piperidine rings is 1. The first-order chi connectivity index (χ1) is 9.47. The maximum Gasteiger partial charge on any atom is 0.0919 e. The van der Waals surface area contributed by atoms with E-state index in [1.165, 1.54) is 24.0 Å². The number of hydrogen-bond acceptors (Lipinski definition) is 3. The zero-order valence-corrected chi connectivity index (χ0v) is 13.3. The quantitative estimate of drug-likeness (QED) is 0.914. The molecule has 0 bridgehead atoms. The van der Waals surface area contributed by atoms with Crippen molar-refractivity contribution in [3.8, 4) is 0 Å². The lowest BCUT2D eigenvalue weighted by molar-refractivity contribution is 0.0785. The summed E-state index contributed by atoms with van der Waals surface area (Å²) in [5, 5.41) is 10.5. The zero-order valence-electron chi connectivity index (χ0n) is 13.3. The summed E-state index contributed by atoms with van der Waals surface area (Å²) in [5.41, 5.74) is 3.47. The molecular formula is C17H28N2O. The van der Waals surface area contributed by atoms with Crippen LogP contribution in [0.15, 0.2) is 18.2 Å². The molecule has 1 aromatic rings. The number of rotatable bonds is 4. The van der Waals surface area contributed by atoms with E-state index in [1.54, 1.807) is 0 Å². The van der Waals surface area contributed by atoms with Crippen molar-refractivity contribution in [2.24, 2.45) is 0 Å². The van der Waals surface area contributed by atoms with Crippen LogP contribution in [-0.4, -0.2) is 54.7 Å². The van der Waals surface area contributed by atoms with E-state index < -0.39 is 0 Å². The van der Waals surface area contributed by atoms with Gasteiger partial charge in [0.15, 0.2) is 0 Å². The van der Waals surface area contributed by atoms with Crippen LogP contribution in [0, 0.1) is 13.8 Å². The van der Waals surface area contributed by atoms with Gasteiger partial charge in [0.1, 0.15) is 0 Å². The van der Waals surface area contributed by atoms with Gasteiger partial charge in [-0.25, -0.2) is 0 Å². The second-order valence-electron chi connectivity index (χ2n) is 6.35. The predicted molar refractivity (Wildman–Crippen MR) is 84.0 cm³/mol. The highest BCUT2D eigenvalue weighted by atomic mass is 16.3. The number of hydrogen-bond donors (Lipinski definition) is 1. The summed E-state index contributed by atoms with van der Waals surface area (Å²) >= 11 is 0. The van der Waals surface area contributed by atoms with Crippen molar-refractivity contribution in [2.45, 2.75) is 38.8 Å². The van der Waals surface area contributed by atoms with Crippen molar-refractivity contribution < 1.29 is 5.11 Å². The van der Waals surface area contributed by atoms with Gasteiger partial charge in [-0.15, -0.1) is 0 Å². The van der Waals surface area contributed by atoms with Crippen LogP contribution in [0.25, 0.3) is 0 Å². The molecule has 112 valence electrons. The summed E-state index contributed by atoms with van der Waals surface area (Å²) in [6.45, 7) is 7.20. The molecule has 2 rings (SSSR count). The van der Waals surface area contributed by atoms with Crippen LogP contribution in [-0.2, 0) is 0 Å². The van der Waals surface area contributed by atoms with Crippen molar-refractivity contribution >= 4 is 0 Å². The van der Waals surface area contributed by atoms with Crippen LogP contribution in [0.2, 0.25) is 0 Å². The third-order valence-corrected chi connectivity index (χ3v) is 4.57. The van der Waals surface area contributed by atoms with Gasteiger partial charge in [-0.2, -0.15) is 0 Å². The first-order valence-electron chi connectivity index (χ1n) is 7.61. The molecule has 1 atom stereocenters. The smallest absolute Gasteiger partial charge is 0.0919 e. The van der Waals surface area contributed by atoms with Crippen LogP contribution in [0.1, 0.15) is 35.6 Å². The molecule has 0 saturated carbocycles. The van der Waals surface area contributed by atoms with Gasteiger partial charge in [0, 0.05) is 12.6 Å². The van der Waals surface area contributed by atoms with E-state index in [1.807, 2.05) is 0 Å². The number of aliphatic hydroxyl groups excluding tert-OH is 1. The third kappa shape index (κ3) is 3.81. The second kappa shape index (κ2) is 6.70. The Balaban J connectivity index is 1.96. The Labute approximate surface area is 123 Å². The topological polar surface area (TPSA) is 26.7 Å². The molecular weight excluding hydrogens is 248 g/mol. The number of benzene rings is 1. The summed E-state index contributed by atoms with van der Waals surface area (Å²) in [7, 11) is 4.32.